The molecule has 1 aromatic rings. The predicted molar refractivity (Wildman–Crippen MR) is 72.6 cm³/mol. The van der Waals surface area contributed by atoms with E-state index in [4.69, 9.17) is 4.74 Å². The molecule has 1 saturated carbocycles. The Hall–Kier alpha value is -1.13. The first kappa shape index (κ1) is 14.3. The van der Waals surface area contributed by atoms with Crippen molar-refractivity contribution in [3.63, 3.8) is 0 Å². The molecular weight excluding hydrogens is 245 g/mol. The zero-order valence-electron chi connectivity index (χ0n) is 11.5. The maximum atomic E-state index is 13.9. The maximum absolute atomic E-state index is 13.9. The first-order valence-electron chi connectivity index (χ1n) is 6.93. The van der Waals surface area contributed by atoms with Gasteiger partial charge >= 0.3 is 0 Å². The van der Waals surface area contributed by atoms with Crippen LogP contribution in [0.5, 0.6) is 5.75 Å². The van der Waals surface area contributed by atoms with Crippen molar-refractivity contribution in [2.45, 2.75) is 57.9 Å². The molecule has 3 nitrogen and oxygen atoms in total. The van der Waals surface area contributed by atoms with Gasteiger partial charge in [-0.05, 0) is 25.3 Å². The van der Waals surface area contributed by atoms with E-state index in [0.29, 0.717) is 12.6 Å². The van der Waals surface area contributed by atoms with E-state index in [9.17, 15) is 9.50 Å². The molecule has 2 unspecified atom stereocenters. The van der Waals surface area contributed by atoms with Crippen LogP contribution in [0.25, 0.3) is 0 Å². The van der Waals surface area contributed by atoms with Crippen molar-refractivity contribution in [3.05, 3.63) is 29.6 Å². The normalized spacial score (nSPS) is 23.0. The van der Waals surface area contributed by atoms with E-state index < -0.39 is 6.10 Å². The van der Waals surface area contributed by atoms with Crippen molar-refractivity contribution in [1.82, 2.24) is 5.32 Å². The molecule has 2 atom stereocenters. The molecule has 106 valence electrons. The summed E-state index contributed by atoms with van der Waals surface area (Å²) in [6, 6.07) is 5.27. The molecule has 2 N–H and O–H groups in total. The third-order valence-electron chi connectivity index (χ3n) is 3.44. The molecular formula is C15H22FNO2. The molecule has 1 aliphatic rings. The number of ether oxygens (including phenoxy) is 1. The number of aliphatic hydroxyl groups excluding tert-OH is 1. The van der Waals surface area contributed by atoms with Crippen LogP contribution in [0, 0.1) is 5.82 Å². The van der Waals surface area contributed by atoms with Gasteiger partial charge in [0, 0.05) is 18.2 Å². The van der Waals surface area contributed by atoms with E-state index in [-0.39, 0.29) is 17.7 Å². The van der Waals surface area contributed by atoms with E-state index >= 15 is 0 Å². The Morgan fingerprint density at radius 3 is 2.84 bits per heavy atom. The molecule has 4 heteroatoms. The minimum Gasteiger partial charge on any atom is -0.484 e. The molecule has 0 heterocycles. The Labute approximate surface area is 113 Å². The molecule has 0 spiro atoms. The van der Waals surface area contributed by atoms with Gasteiger partial charge in [-0.15, -0.1) is 0 Å². The summed E-state index contributed by atoms with van der Waals surface area (Å²) in [5.41, 5.74) is 0.799. The van der Waals surface area contributed by atoms with E-state index in [1.165, 1.54) is 6.07 Å². The van der Waals surface area contributed by atoms with Gasteiger partial charge in [-0.2, -0.15) is 0 Å². The van der Waals surface area contributed by atoms with Crippen LogP contribution in [0.4, 0.5) is 4.39 Å². The maximum Gasteiger partial charge on any atom is 0.165 e. The lowest BCUT2D eigenvalue weighted by atomic mass is 10.1. The fourth-order valence-corrected chi connectivity index (χ4v) is 2.33. The van der Waals surface area contributed by atoms with Gasteiger partial charge in [0.25, 0.3) is 0 Å². The quantitative estimate of drug-likeness (QED) is 0.861. The largest absolute Gasteiger partial charge is 0.484 e. The van der Waals surface area contributed by atoms with Crippen LogP contribution in [0.1, 0.15) is 38.7 Å². The van der Waals surface area contributed by atoms with Gasteiger partial charge in [0.15, 0.2) is 11.6 Å². The second-order valence-corrected chi connectivity index (χ2v) is 5.42. The van der Waals surface area contributed by atoms with Gasteiger partial charge in [-0.3, -0.25) is 0 Å². The first-order chi connectivity index (χ1) is 9.08. The Kier molecular flexibility index (Phi) is 4.77. The topological polar surface area (TPSA) is 41.5 Å². The standard InChI is InChI=1S/C15H22FNO2/c1-10(2)17-9-11-5-3-6-12(16)15(11)19-14-8-4-7-13(14)18/h3,5-6,10,13-14,17-18H,4,7-9H2,1-2H3. The monoisotopic (exact) mass is 267 g/mol. The highest BCUT2D eigenvalue weighted by Crippen LogP contribution is 2.29. The number of hydrogen-bond acceptors (Lipinski definition) is 3. The molecule has 0 aliphatic heterocycles. The zero-order chi connectivity index (χ0) is 13.8. The number of hydrogen-bond donors (Lipinski definition) is 2. The summed E-state index contributed by atoms with van der Waals surface area (Å²) in [5.74, 6) is -0.0799. The minimum absolute atomic E-state index is 0.279. The van der Waals surface area contributed by atoms with Gasteiger partial charge in [-0.25, -0.2) is 4.39 Å². The number of para-hydroxylation sites is 1. The Balaban J connectivity index is 2.12. The molecule has 1 aliphatic carbocycles. The summed E-state index contributed by atoms with van der Waals surface area (Å²) in [6.07, 6.45) is 1.69. The second kappa shape index (κ2) is 6.35. The lowest BCUT2D eigenvalue weighted by Crippen LogP contribution is -2.27. The van der Waals surface area contributed by atoms with Crippen LogP contribution in [0.15, 0.2) is 18.2 Å². The summed E-state index contributed by atoms with van der Waals surface area (Å²) >= 11 is 0. The number of halogens is 1. The fourth-order valence-electron chi connectivity index (χ4n) is 2.33. The van der Waals surface area contributed by atoms with E-state index in [0.717, 1.165) is 24.8 Å². The Bertz CT molecular complexity index is 423. The lowest BCUT2D eigenvalue weighted by Gasteiger charge is -2.20. The second-order valence-electron chi connectivity index (χ2n) is 5.42. The summed E-state index contributed by atoms with van der Waals surface area (Å²) < 4.78 is 19.6. The highest BCUT2D eigenvalue weighted by atomic mass is 19.1. The molecule has 1 aromatic carbocycles. The third-order valence-corrected chi connectivity index (χ3v) is 3.44. The number of rotatable bonds is 5. The molecule has 0 amide bonds. The van der Waals surface area contributed by atoms with Crippen LogP contribution < -0.4 is 10.1 Å². The average Bonchev–Trinajstić information content (AvgIpc) is 2.76. The summed E-state index contributed by atoms with van der Waals surface area (Å²) in [7, 11) is 0. The van der Waals surface area contributed by atoms with Gasteiger partial charge in [0.2, 0.25) is 0 Å². The number of benzene rings is 1. The molecule has 1 fully saturated rings. The van der Waals surface area contributed by atoms with Gasteiger partial charge in [0.1, 0.15) is 6.10 Å². The lowest BCUT2D eigenvalue weighted by molar-refractivity contribution is 0.0571. The summed E-state index contributed by atoms with van der Waals surface area (Å²) in [4.78, 5) is 0. The summed E-state index contributed by atoms with van der Waals surface area (Å²) in [5, 5.41) is 13.0. The first-order valence-corrected chi connectivity index (χ1v) is 6.93. The fraction of sp³-hybridized carbons (Fsp3) is 0.600. The van der Waals surface area contributed by atoms with E-state index in [2.05, 4.69) is 5.32 Å². The summed E-state index contributed by atoms with van der Waals surface area (Å²) in [6.45, 7) is 4.65. The number of aliphatic hydroxyl groups is 1. The molecule has 2 rings (SSSR count). The number of nitrogens with one attached hydrogen (secondary N) is 1. The van der Waals surface area contributed by atoms with Crippen molar-refractivity contribution in [1.29, 1.82) is 0 Å². The van der Waals surface area contributed by atoms with E-state index in [1.807, 2.05) is 19.9 Å². The highest BCUT2D eigenvalue weighted by Gasteiger charge is 2.28. The van der Waals surface area contributed by atoms with Crippen molar-refractivity contribution < 1.29 is 14.2 Å². The van der Waals surface area contributed by atoms with Crippen molar-refractivity contribution in [2.75, 3.05) is 0 Å². The molecule has 0 radical (unpaired) electrons. The Morgan fingerprint density at radius 1 is 1.42 bits per heavy atom. The molecule has 0 aromatic heterocycles. The molecule has 19 heavy (non-hydrogen) atoms. The van der Waals surface area contributed by atoms with Crippen molar-refractivity contribution in [2.24, 2.45) is 0 Å². The molecule has 0 saturated heterocycles. The SMILES string of the molecule is CC(C)NCc1cccc(F)c1OC1CCCC1O. The van der Waals surface area contributed by atoms with Crippen molar-refractivity contribution in [3.8, 4) is 5.75 Å². The van der Waals surface area contributed by atoms with Crippen molar-refractivity contribution >= 4 is 0 Å². The third kappa shape index (κ3) is 3.67. The van der Waals surface area contributed by atoms with E-state index in [1.54, 1.807) is 6.07 Å². The van der Waals surface area contributed by atoms with Crippen LogP contribution in [0.2, 0.25) is 0 Å². The molecule has 0 bridgehead atoms. The minimum atomic E-state index is -0.481. The van der Waals surface area contributed by atoms with Crippen LogP contribution in [-0.2, 0) is 6.54 Å². The Morgan fingerprint density at radius 2 is 2.21 bits per heavy atom. The highest BCUT2D eigenvalue weighted by molar-refractivity contribution is 5.35. The van der Waals surface area contributed by atoms with Crippen LogP contribution in [0.3, 0.4) is 0 Å². The van der Waals surface area contributed by atoms with Crippen LogP contribution in [-0.4, -0.2) is 23.4 Å². The van der Waals surface area contributed by atoms with Crippen LogP contribution >= 0.6 is 0 Å². The smallest absolute Gasteiger partial charge is 0.165 e. The van der Waals surface area contributed by atoms with Gasteiger partial charge in [-0.1, -0.05) is 26.0 Å². The van der Waals surface area contributed by atoms with Gasteiger partial charge in [0.05, 0.1) is 6.10 Å². The van der Waals surface area contributed by atoms with Gasteiger partial charge < -0.3 is 15.2 Å². The predicted octanol–water partition coefficient (Wildman–Crippen LogP) is 2.62. The average molecular weight is 267 g/mol. The zero-order valence-corrected chi connectivity index (χ0v) is 11.5.